The van der Waals surface area contributed by atoms with Gasteiger partial charge in [0.15, 0.2) is 0 Å². The molecular weight excluding hydrogens is 304 g/mol. The predicted octanol–water partition coefficient (Wildman–Crippen LogP) is 4.30. The van der Waals surface area contributed by atoms with Crippen LogP contribution in [0, 0.1) is 5.82 Å². The van der Waals surface area contributed by atoms with Crippen molar-refractivity contribution in [3.05, 3.63) is 51.8 Å². The van der Waals surface area contributed by atoms with Gasteiger partial charge in [-0.3, -0.25) is 0 Å². The zero-order chi connectivity index (χ0) is 14.7. The minimum atomic E-state index is -0.414. The molecule has 2 N–H and O–H groups in total. The zero-order valence-electron chi connectivity index (χ0n) is 10.6. The lowest BCUT2D eigenvalue weighted by Gasteiger charge is -2.11. The minimum absolute atomic E-state index is 0.0258. The maximum atomic E-state index is 13.7. The molecule has 0 saturated heterocycles. The van der Waals surface area contributed by atoms with Gasteiger partial charge in [0.2, 0.25) is 0 Å². The molecule has 6 heteroatoms. The average Bonchev–Trinajstić information content (AvgIpc) is 2.42. The van der Waals surface area contributed by atoms with Gasteiger partial charge in [0, 0.05) is 17.7 Å². The van der Waals surface area contributed by atoms with Gasteiger partial charge in [-0.25, -0.2) is 4.39 Å². The fourth-order valence-corrected chi connectivity index (χ4v) is 1.92. The van der Waals surface area contributed by atoms with Gasteiger partial charge in [0.05, 0.1) is 22.8 Å². The summed E-state index contributed by atoms with van der Waals surface area (Å²) in [7, 11) is 1.47. The van der Waals surface area contributed by atoms with Crippen LogP contribution in [-0.2, 0) is 6.61 Å². The number of hydrogen-bond donors (Lipinski definition) is 1. The van der Waals surface area contributed by atoms with Crippen LogP contribution in [0.2, 0.25) is 10.0 Å². The molecule has 2 aromatic rings. The van der Waals surface area contributed by atoms with E-state index in [9.17, 15) is 4.39 Å². The van der Waals surface area contributed by atoms with E-state index in [1.54, 1.807) is 12.1 Å². The third-order valence-electron chi connectivity index (χ3n) is 2.70. The van der Waals surface area contributed by atoms with Gasteiger partial charge in [-0.2, -0.15) is 0 Å². The summed E-state index contributed by atoms with van der Waals surface area (Å²) in [5.74, 6) is 0.387. The fourth-order valence-electron chi connectivity index (χ4n) is 1.60. The van der Waals surface area contributed by atoms with E-state index in [2.05, 4.69) is 0 Å². The molecule has 0 aliphatic rings. The van der Waals surface area contributed by atoms with Crippen LogP contribution in [0.3, 0.4) is 0 Å². The molecule has 0 unspecified atom stereocenters. The molecule has 0 aliphatic heterocycles. The second-order valence-corrected chi connectivity index (χ2v) is 4.86. The summed E-state index contributed by atoms with van der Waals surface area (Å²) in [6, 6.07) is 7.52. The fraction of sp³-hybridized carbons (Fsp3) is 0.143. The SMILES string of the molecule is COc1ccc(COc2cc(Cl)c(Cl)cc2N)c(F)c1. The summed E-state index contributed by atoms with van der Waals surface area (Å²) in [5, 5.41) is 0.665. The van der Waals surface area contributed by atoms with Gasteiger partial charge in [0.25, 0.3) is 0 Å². The number of nitrogen functional groups attached to an aromatic ring is 1. The van der Waals surface area contributed by atoms with E-state index in [-0.39, 0.29) is 6.61 Å². The Hall–Kier alpha value is -1.65. The Balaban J connectivity index is 2.15. The summed E-state index contributed by atoms with van der Waals surface area (Å²) < 4.78 is 24.1. The van der Waals surface area contributed by atoms with Crippen LogP contribution in [0.5, 0.6) is 11.5 Å². The normalized spacial score (nSPS) is 10.4. The van der Waals surface area contributed by atoms with E-state index in [0.717, 1.165) is 0 Å². The number of hydrogen-bond acceptors (Lipinski definition) is 3. The molecule has 0 atom stereocenters. The molecular formula is C14H12Cl2FNO2. The maximum absolute atomic E-state index is 13.7. The Morgan fingerprint density at radius 3 is 2.50 bits per heavy atom. The Morgan fingerprint density at radius 2 is 1.85 bits per heavy atom. The van der Waals surface area contributed by atoms with E-state index in [1.165, 1.54) is 25.3 Å². The molecule has 3 nitrogen and oxygen atoms in total. The first-order chi connectivity index (χ1) is 9.51. The van der Waals surface area contributed by atoms with Crippen LogP contribution in [0.25, 0.3) is 0 Å². The highest BCUT2D eigenvalue weighted by Crippen LogP contribution is 2.33. The molecule has 106 valence electrons. The molecule has 0 fully saturated rings. The van der Waals surface area contributed by atoms with Crippen molar-refractivity contribution in [1.82, 2.24) is 0 Å². The molecule has 0 spiro atoms. The number of anilines is 1. The molecule has 2 rings (SSSR count). The summed E-state index contributed by atoms with van der Waals surface area (Å²) in [6.07, 6.45) is 0. The molecule has 0 heterocycles. The lowest BCUT2D eigenvalue weighted by atomic mass is 10.2. The van der Waals surface area contributed by atoms with E-state index in [4.69, 9.17) is 38.4 Å². The number of rotatable bonds is 4. The van der Waals surface area contributed by atoms with Crippen LogP contribution < -0.4 is 15.2 Å². The Bertz CT molecular complexity index is 635. The van der Waals surface area contributed by atoms with E-state index in [0.29, 0.717) is 32.8 Å². The largest absolute Gasteiger partial charge is 0.497 e. The van der Waals surface area contributed by atoms with Gasteiger partial charge >= 0.3 is 0 Å². The minimum Gasteiger partial charge on any atom is -0.497 e. The van der Waals surface area contributed by atoms with Crippen LogP contribution in [0.15, 0.2) is 30.3 Å². The van der Waals surface area contributed by atoms with Crippen molar-refractivity contribution in [2.75, 3.05) is 12.8 Å². The van der Waals surface area contributed by atoms with Gasteiger partial charge in [-0.15, -0.1) is 0 Å². The molecule has 0 radical (unpaired) electrons. The standard InChI is InChI=1S/C14H12Cl2FNO2/c1-19-9-3-2-8(12(17)4-9)7-20-14-6-11(16)10(15)5-13(14)18/h2-6H,7,18H2,1H3. The highest BCUT2D eigenvalue weighted by atomic mass is 35.5. The van der Waals surface area contributed by atoms with Gasteiger partial charge in [-0.05, 0) is 18.2 Å². The van der Waals surface area contributed by atoms with Gasteiger partial charge < -0.3 is 15.2 Å². The second-order valence-electron chi connectivity index (χ2n) is 4.05. The Kier molecular flexibility index (Phi) is 4.57. The van der Waals surface area contributed by atoms with Crippen molar-refractivity contribution in [2.24, 2.45) is 0 Å². The molecule has 0 saturated carbocycles. The maximum Gasteiger partial charge on any atom is 0.144 e. The summed E-state index contributed by atoms with van der Waals surface area (Å²) in [4.78, 5) is 0. The van der Waals surface area contributed by atoms with Crippen molar-refractivity contribution in [2.45, 2.75) is 6.61 Å². The Morgan fingerprint density at radius 1 is 1.15 bits per heavy atom. The van der Waals surface area contributed by atoms with Crippen molar-refractivity contribution in [1.29, 1.82) is 0 Å². The third kappa shape index (κ3) is 3.26. The van der Waals surface area contributed by atoms with Gasteiger partial charge in [0.1, 0.15) is 23.9 Å². The lowest BCUT2D eigenvalue weighted by molar-refractivity contribution is 0.301. The first-order valence-corrected chi connectivity index (χ1v) is 6.46. The number of halogens is 3. The summed E-state index contributed by atoms with van der Waals surface area (Å²) in [5.41, 5.74) is 6.48. The number of ether oxygens (including phenoxy) is 2. The molecule has 0 amide bonds. The van der Waals surface area contributed by atoms with Crippen molar-refractivity contribution in [3.8, 4) is 11.5 Å². The first kappa shape index (κ1) is 14.8. The molecule has 0 aromatic heterocycles. The van der Waals surface area contributed by atoms with Crippen LogP contribution in [0.1, 0.15) is 5.56 Å². The summed E-state index contributed by atoms with van der Waals surface area (Å²) >= 11 is 11.7. The van der Waals surface area contributed by atoms with Gasteiger partial charge in [-0.1, -0.05) is 23.2 Å². The first-order valence-electron chi connectivity index (χ1n) is 5.71. The smallest absolute Gasteiger partial charge is 0.144 e. The quantitative estimate of drug-likeness (QED) is 0.855. The third-order valence-corrected chi connectivity index (χ3v) is 3.42. The van der Waals surface area contributed by atoms with Crippen LogP contribution in [0.4, 0.5) is 10.1 Å². The topological polar surface area (TPSA) is 44.5 Å². The lowest BCUT2D eigenvalue weighted by Crippen LogP contribution is -2.01. The number of methoxy groups -OCH3 is 1. The number of nitrogens with two attached hydrogens (primary N) is 1. The Labute approximate surface area is 126 Å². The molecule has 2 aromatic carbocycles. The van der Waals surface area contributed by atoms with Crippen molar-refractivity contribution < 1.29 is 13.9 Å². The molecule has 0 bridgehead atoms. The van der Waals surface area contributed by atoms with Crippen LogP contribution >= 0.6 is 23.2 Å². The van der Waals surface area contributed by atoms with E-state index in [1.807, 2.05) is 0 Å². The second kappa shape index (κ2) is 6.20. The zero-order valence-corrected chi connectivity index (χ0v) is 12.1. The van der Waals surface area contributed by atoms with Crippen molar-refractivity contribution in [3.63, 3.8) is 0 Å². The molecule has 0 aliphatic carbocycles. The predicted molar refractivity (Wildman–Crippen MR) is 78.2 cm³/mol. The highest BCUT2D eigenvalue weighted by molar-refractivity contribution is 6.42. The molecule has 20 heavy (non-hydrogen) atoms. The monoisotopic (exact) mass is 315 g/mol. The number of benzene rings is 2. The van der Waals surface area contributed by atoms with E-state index >= 15 is 0 Å². The highest BCUT2D eigenvalue weighted by Gasteiger charge is 2.09. The van der Waals surface area contributed by atoms with E-state index < -0.39 is 5.82 Å². The summed E-state index contributed by atoms with van der Waals surface area (Å²) in [6.45, 7) is 0.0258. The average molecular weight is 316 g/mol. The van der Waals surface area contributed by atoms with Crippen LogP contribution in [-0.4, -0.2) is 7.11 Å². The van der Waals surface area contributed by atoms with Crippen molar-refractivity contribution >= 4 is 28.9 Å².